The van der Waals surface area contributed by atoms with Gasteiger partial charge >= 0.3 is 18.0 Å². The van der Waals surface area contributed by atoms with Crippen LogP contribution >= 0.6 is 46.6 Å². The lowest BCUT2D eigenvalue weighted by atomic mass is 10.0. The topological polar surface area (TPSA) is 20.3 Å². The summed E-state index contributed by atoms with van der Waals surface area (Å²) >= 11 is 21.7. The predicted molar refractivity (Wildman–Crippen MR) is 70.8 cm³/mol. The molecule has 0 radical (unpaired) electrons. The SMILES string of the molecule is O=C(N(Cl)c1ccc(Cl)c(Cl)c1Cl)C(F)(C(F)(F)F)C(F)(F)F. The fourth-order valence-corrected chi connectivity index (χ4v) is 2.23. The van der Waals surface area contributed by atoms with E-state index in [9.17, 15) is 35.5 Å². The van der Waals surface area contributed by atoms with Crippen molar-refractivity contribution in [1.29, 1.82) is 0 Å². The van der Waals surface area contributed by atoms with Crippen LogP contribution in [0.15, 0.2) is 12.1 Å². The molecule has 0 aromatic heterocycles. The zero-order valence-electron chi connectivity index (χ0n) is 10.2. The molecule has 0 unspecified atom stereocenters. The third-order valence-corrected chi connectivity index (χ3v) is 4.10. The lowest BCUT2D eigenvalue weighted by Crippen LogP contribution is -2.62. The first kappa shape index (κ1) is 20.4. The largest absolute Gasteiger partial charge is 0.441 e. The lowest BCUT2D eigenvalue weighted by Gasteiger charge is -2.31. The van der Waals surface area contributed by atoms with Crippen LogP contribution in [0, 0.1) is 0 Å². The number of hydrogen-bond acceptors (Lipinski definition) is 1. The molecular weight excluding hydrogens is 425 g/mol. The highest BCUT2D eigenvalue weighted by molar-refractivity contribution is 6.50. The average Bonchev–Trinajstić information content (AvgIpc) is 2.40. The third kappa shape index (κ3) is 3.42. The molecule has 0 bridgehead atoms. The van der Waals surface area contributed by atoms with Gasteiger partial charge in [0.05, 0.1) is 20.8 Å². The molecule has 1 amide bonds. The Morgan fingerprint density at radius 2 is 1.30 bits per heavy atom. The van der Waals surface area contributed by atoms with Crippen LogP contribution in [0.1, 0.15) is 0 Å². The quantitative estimate of drug-likeness (QED) is 0.324. The average molecular weight is 427 g/mol. The highest BCUT2D eigenvalue weighted by Crippen LogP contribution is 2.49. The molecule has 130 valence electrons. The molecule has 0 atom stereocenters. The van der Waals surface area contributed by atoms with Crippen molar-refractivity contribution in [2.75, 3.05) is 4.42 Å². The van der Waals surface area contributed by atoms with E-state index >= 15 is 0 Å². The van der Waals surface area contributed by atoms with Crippen LogP contribution in [0.4, 0.5) is 36.4 Å². The van der Waals surface area contributed by atoms with Gasteiger partial charge in [-0.05, 0) is 12.1 Å². The van der Waals surface area contributed by atoms with Gasteiger partial charge in [-0.25, -0.2) is 8.81 Å². The molecule has 23 heavy (non-hydrogen) atoms. The van der Waals surface area contributed by atoms with Gasteiger partial charge in [0.2, 0.25) is 0 Å². The summed E-state index contributed by atoms with van der Waals surface area (Å²) in [5, 5.41) is -1.47. The fourth-order valence-electron chi connectivity index (χ4n) is 1.32. The van der Waals surface area contributed by atoms with Crippen LogP contribution in [-0.4, -0.2) is 23.9 Å². The van der Waals surface area contributed by atoms with Crippen molar-refractivity contribution >= 4 is 58.2 Å². The maximum Gasteiger partial charge on any atom is 0.441 e. The van der Waals surface area contributed by atoms with E-state index in [-0.39, 0.29) is 5.02 Å². The number of nitrogens with zero attached hydrogens (tertiary/aromatic N) is 1. The molecule has 0 aliphatic rings. The van der Waals surface area contributed by atoms with Crippen molar-refractivity contribution in [3.8, 4) is 0 Å². The van der Waals surface area contributed by atoms with E-state index in [0.29, 0.717) is 6.07 Å². The monoisotopic (exact) mass is 425 g/mol. The summed E-state index contributed by atoms with van der Waals surface area (Å²) in [6.07, 6.45) is -13.2. The zero-order valence-corrected chi connectivity index (χ0v) is 13.2. The van der Waals surface area contributed by atoms with Crippen molar-refractivity contribution in [3.05, 3.63) is 27.2 Å². The second kappa shape index (κ2) is 6.34. The minimum Gasteiger partial charge on any atom is -0.269 e. The molecule has 0 saturated carbocycles. The van der Waals surface area contributed by atoms with Crippen molar-refractivity contribution < 1.29 is 35.5 Å². The Hall–Kier alpha value is -0.640. The molecule has 1 aromatic carbocycles. The molecule has 0 heterocycles. The molecule has 0 fully saturated rings. The van der Waals surface area contributed by atoms with Crippen LogP contribution in [-0.2, 0) is 4.79 Å². The number of halogens is 11. The minimum absolute atomic E-state index is 0.226. The van der Waals surface area contributed by atoms with Gasteiger partial charge in [-0.2, -0.15) is 26.3 Å². The molecule has 1 aromatic rings. The van der Waals surface area contributed by atoms with E-state index in [4.69, 9.17) is 46.6 Å². The molecule has 0 N–H and O–H groups in total. The van der Waals surface area contributed by atoms with Crippen molar-refractivity contribution in [2.24, 2.45) is 0 Å². The minimum atomic E-state index is -6.61. The number of benzene rings is 1. The first-order chi connectivity index (χ1) is 10.2. The van der Waals surface area contributed by atoms with Gasteiger partial charge in [0.1, 0.15) is 0 Å². The van der Waals surface area contributed by atoms with Gasteiger partial charge in [-0.1, -0.05) is 34.8 Å². The normalized spacial score (nSPS) is 13.2. The number of alkyl halides is 7. The number of hydrogen-bond donors (Lipinski definition) is 0. The van der Waals surface area contributed by atoms with Crippen LogP contribution in [0.25, 0.3) is 0 Å². The Kier molecular flexibility index (Phi) is 5.63. The van der Waals surface area contributed by atoms with Gasteiger partial charge in [0.25, 0.3) is 5.91 Å². The number of anilines is 1. The summed E-state index contributed by atoms with van der Waals surface area (Å²) in [6.45, 7) is 0. The van der Waals surface area contributed by atoms with Gasteiger partial charge in [0.15, 0.2) is 0 Å². The highest BCUT2D eigenvalue weighted by Gasteiger charge is 2.78. The third-order valence-electron chi connectivity index (χ3n) is 2.48. The Morgan fingerprint density at radius 3 is 1.70 bits per heavy atom. The summed E-state index contributed by atoms with van der Waals surface area (Å²) in [7, 11) is 0. The van der Waals surface area contributed by atoms with Crippen LogP contribution in [0.5, 0.6) is 0 Å². The lowest BCUT2D eigenvalue weighted by molar-refractivity contribution is -0.324. The van der Waals surface area contributed by atoms with Crippen molar-refractivity contribution in [2.45, 2.75) is 18.0 Å². The van der Waals surface area contributed by atoms with E-state index in [2.05, 4.69) is 0 Å². The number of carbonyl (C=O) groups excluding carboxylic acids is 1. The molecule has 2 nitrogen and oxygen atoms in total. The number of amides is 1. The van der Waals surface area contributed by atoms with Gasteiger partial charge < -0.3 is 0 Å². The van der Waals surface area contributed by atoms with Gasteiger partial charge in [-0.3, -0.25) is 4.79 Å². The summed E-state index contributed by atoms with van der Waals surface area (Å²) < 4.78 is 87.8. The van der Waals surface area contributed by atoms with Gasteiger partial charge in [0, 0.05) is 11.8 Å². The number of rotatable bonds is 2. The Morgan fingerprint density at radius 1 is 0.870 bits per heavy atom. The fraction of sp³-hybridized carbons (Fsp3) is 0.300. The van der Waals surface area contributed by atoms with E-state index in [1.54, 1.807) is 0 Å². The van der Waals surface area contributed by atoms with Crippen molar-refractivity contribution in [1.82, 2.24) is 0 Å². The molecule has 0 aliphatic carbocycles. The molecule has 1 rings (SSSR count). The zero-order chi connectivity index (χ0) is 18.4. The van der Waals surface area contributed by atoms with E-state index < -0.39 is 44.1 Å². The van der Waals surface area contributed by atoms with E-state index in [0.717, 1.165) is 6.07 Å². The Balaban J connectivity index is 3.45. The Bertz CT molecular complexity index is 617. The summed E-state index contributed by atoms with van der Waals surface area (Å²) in [5.74, 6) is -3.15. The molecule has 0 saturated heterocycles. The first-order valence-electron chi connectivity index (χ1n) is 5.12. The van der Waals surface area contributed by atoms with Crippen LogP contribution in [0.3, 0.4) is 0 Å². The maximum absolute atomic E-state index is 13.6. The summed E-state index contributed by atoms with van der Waals surface area (Å²) in [4.78, 5) is 11.5. The molecule has 0 aliphatic heterocycles. The van der Waals surface area contributed by atoms with Crippen LogP contribution < -0.4 is 4.42 Å². The van der Waals surface area contributed by atoms with Crippen molar-refractivity contribution in [3.63, 3.8) is 0 Å². The molecular formula is C10H2Cl4F7NO. The smallest absolute Gasteiger partial charge is 0.269 e. The molecule has 0 spiro atoms. The van der Waals surface area contributed by atoms with E-state index in [1.807, 2.05) is 0 Å². The maximum atomic E-state index is 13.6. The van der Waals surface area contributed by atoms with Crippen LogP contribution in [0.2, 0.25) is 15.1 Å². The molecule has 13 heteroatoms. The predicted octanol–water partition coefficient (Wildman–Crippen LogP) is 5.97. The summed E-state index contributed by atoms with van der Waals surface area (Å²) in [5.41, 5.74) is -7.15. The second-order valence-corrected chi connectivity index (χ2v) is 5.44. The van der Waals surface area contributed by atoms with Gasteiger partial charge in [-0.15, -0.1) is 0 Å². The van der Waals surface area contributed by atoms with E-state index in [1.165, 1.54) is 0 Å². The number of carbonyl (C=O) groups is 1. The first-order valence-corrected chi connectivity index (χ1v) is 6.59. The Labute approximate surface area is 143 Å². The standard InChI is InChI=1S/C10H2Cl4F7NO/c11-3-1-2-4(6(13)5(3)12)22(14)7(23)8(15,9(16,17)18)10(19,20)21/h1-2H. The summed E-state index contributed by atoms with van der Waals surface area (Å²) in [6, 6.07) is 1.57. The highest BCUT2D eigenvalue weighted by atomic mass is 35.5. The second-order valence-electron chi connectivity index (χ2n) is 3.93.